The highest BCUT2D eigenvalue weighted by atomic mass is 16.5. The molecule has 3 heteroatoms. The van der Waals surface area contributed by atoms with Crippen molar-refractivity contribution >= 4 is 11.5 Å². The summed E-state index contributed by atoms with van der Waals surface area (Å²) in [4.78, 5) is 12.8. The molecule has 0 radical (unpaired) electrons. The summed E-state index contributed by atoms with van der Waals surface area (Å²) in [5.74, 6) is 1.11. The van der Waals surface area contributed by atoms with Crippen molar-refractivity contribution in [2.45, 2.75) is 0 Å². The molecule has 1 saturated heterocycles. The van der Waals surface area contributed by atoms with Gasteiger partial charge < -0.3 is 9.64 Å². The molecule has 0 amide bonds. The number of carbonyl (C=O) groups excluding carboxylic acids is 1. The first kappa shape index (κ1) is 8.10. The topological polar surface area (TPSA) is 29.5 Å². The summed E-state index contributed by atoms with van der Waals surface area (Å²) in [7, 11) is 1.64. The molecule has 1 aliphatic heterocycles. The molecule has 1 fully saturated rings. The van der Waals surface area contributed by atoms with Gasteiger partial charge in [-0.05, 0) is 12.1 Å². The molecule has 68 valence electrons. The van der Waals surface area contributed by atoms with Crippen LogP contribution < -0.4 is 9.64 Å². The second kappa shape index (κ2) is 3.09. The van der Waals surface area contributed by atoms with E-state index in [2.05, 4.69) is 0 Å². The lowest BCUT2D eigenvalue weighted by Gasteiger charge is -2.32. The monoisotopic (exact) mass is 177 g/mol. The molecule has 1 heterocycles. The van der Waals surface area contributed by atoms with Gasteiger partial charge in [-0.25, -0.2) is 0 Å². The van der Waals surface area contributed by atoms with E-state index in [1.807, 2.05) is 29.2 Å². The molecule has 2 rings (SSSR count). The number of rotatable bonds is 2. The van der Waals surface area contributed by atoms with Gasteiger partial charge in [-0.2, -0.15) is 0 Å². The number of benzene rings is 1. The Morgan fingerprint density at radius 3 is 2.62 bits per heavy atom. The van der Waals surface area contributed by atoms with Crippen molar-refractivity contribution in [2.24, 2.45) is 0 Å². The average molecular weight is 177 g/mol. The van der Waals surface area contributed by atoms with Crippen LogP contribution in [-0.4, -0.2) is 26.0 Å². The first-order valence-electron chi connectivity index (χ1n) is 4.21. The molecule has 0 bridgehead atoms. The van der Waals surface area contributed by atoms with E-state index >= 15 is 0 Å². The Morgan fingerprint density at radius 2 is 2.00 bits per heavy atom. The minimum Gasteiger partial charge on any atom is -0.495 e. The van der Waals surface area contributed by atoms with Crippen molar-refractivity contribution in [3.8, 4) is 5.75 Å². The third kappa shape index (κ3) is 1.37. The minimum absolute atomic E-state index is 0.283. The number of carbonyl (C=O) groups is 1. The molecule has 0 aromatic heterocycles. The number of hydrogen-bond acceptors (Lipinski definition) is 3. The lowest BCUT2D eigenvalue weighted by atomic mass is 10.1. The van der Waals surface area contributed by atoms with Crippen molar-refractivity contribution in [1.29, 1.82) is 0 Å². The Bertz CT molecular complexity index is 327. The van der Waals surface area contributed by atoms with Crippen LogP contribution in [0.25, 0.3) is 0 Å². The van der Waals surface area contributed by atoms with Gasteiger partial charge in [0.1, 0.15) is 5.75 Å². The minimum atomic E-state index is 0.283. The van der Waals surface area contributed by atoms with Gasteiger partial charge in [0, 0.05) is 0 Å². The quantitative estimate of drug-likeness (QED) is 0.677. The second-order valence-corrected chi connectivity index (χ2v) is 3.07. The number of para-hydroxylation sites is 2. The van der Waals surface area contributed by atoms with E-state index in [-0.39, 0.29) is 5.78 Å². The summed E-state index contributed by atoms with van der Waals surface area (Å²) >= 11 is 0. The highest BCUT2D eigenvalue weighted by molar-refractivity contribution is 5.96. The van der Waals surface area contributed by atoms with E-state index in [0.29, 0.717) is 13.1 Å². The Labute approximate surface area is 76.9 Å². The Morgan fingerprint density at radius 1 is 1.31 bits per heavy atom. The number of hydrogen-bond donors (Lipinski definition) is 0. The predicted octanol–water partition coefficient (Wildman–Crippen LogP) is 1.08. The van der Waals surface area contributed by atoms with Crippen LogP contribution in [-0.2, 0) is 4.79 Å². The van der Waals surface area contributed by atoms with Crippen molar-refractivity contribution in [1.82, 2.24) is 0 Å². The maximum Gasteiger partial charge on any atom is 0.171 e. The summed E-state index contributed by atoms with van der Waals surface area (Å²) in [6, 6.07) is 7.73. The SMILES string of the molecule is COc1ccccc1N1CC(=O)C1. The predicted molar refractivity (Wildman–Crippen MR) is 50.2 cm³/mol. The summed E-state index contributed by atoms with van der Waals surface area (Å²) < 4.78 is 5.18. The van der Waals surface area contributed by atoms with Gasteiger partial charge in [0.05, 0.1) is 25.9 Å². The second-order valence-electron chi connectivity index (χ2n) is 3.07. The molecule has 1 aromatic rings. The van der Waals surface area contributed by atoms with Crippen LogP contribution in [0, 0.1) is 0 Å². The molecule has 0 spiro atoms. The molecule has 0 atom stereocenters. The van der Waals surface area contributed by atoms with E-state index in [4.69, 9.17) is 4.74 Å². The van der Waals surface area contributed by atoms with Gasteiger partial charge in [-0.15, -0.1) is 0 Å². The Hall–Kier alpha value is -1.51. The van der Waals surface area contributed by atoms with Crippen LogP contribution in [0.4, 0.5) is 5.69 Å². The van der Waals surface area contributed by atoms with E-state index in [1.54, 1.807) is 7.11 Å². The first-order valence-corrected chi connectivity index (χ1v) is 4.21. The number of nitrogens with zero attached hydrogens (tertiary/aromatic N) is 1. The Kier molecular flexibility index (Phi) is 1.93. The number of ether oxygens (including phenoxy) is 1. The highest BCUT2D eigenvalue weighted by Crippen LogP contribution is 2.29. The third-order valence-corrected chi connectivity index (χ3v) is 2.16. The summed E-state index contributed by atoms with van der Waals surface area (Å²) in [6.45, 7) is 1.03. The molecule has 1 aromatic carbocycles. The van der Waals surface area contributed by atoms with Gasteiger partial charge in [0.2, 0.25) is 0 Å². The van der Waals surface area contributed by atoms with Crippen LogP contribution in [0.15, 0.2) is 24.3 Å². The lowest BCUT2D eigenvalue weighted by Crippen LogP contribution is -2.47. The fraction of sp³-hybridized carbons (Fsp3) is 0.300. The van der Waals surface area contributed by atoms with Gasteiger partial charge in [0.25, 0.3) is 0 Å². The molecular weight excluding hydrogens is 166 g/mol. The van der Waals surface area contributed by atoms with Crippen molar-refractivity contribution in [3.63, 3.8) is 0 Å². The van der Waals surface area contributed by atoms with Gasteiger partial charge in [-0.3, -0.25) is 4.79 Å². The van der Waals surface area contributed by atoms with Gasteiger partial charge >= 0.3 is 0 Å². The molecule has 0 aliphatic carbocycles. The smallest absolute Gasteiger partial charge is 0.171 e. The largest absolute Gasteiger partial charge is 0.495 e. The van der Waals surface area contributed by atoms with Gasteiger partial charge in [-0.1, -0.05) is 12.1 Å². The standard InChI is InChI=1S/C10H11NO2/c1-13-10-5-3-2-4-9(10)11-6-8(12)7-11/h2-5H,6-7H2,1H3. The maximum absolute atomic E-state index is 10.8. The van der Waals surface area contributed by atoms with Crippen molar-refractivity contribution in [3.05, 3.63) is 24.3 Å². The molecule has 13 heavy (non-hydrogen) atoms. The lowest BCUT2D eigenvalue weighted by molar-refractivity contribution is -0.119. The zero-order valence-electron chi connectivity index (χ0n) is 7.49. The van der Waals surface area contributed by atoms with E-state index in [1.165, 1.54) is 0 Å². The van der Waals surface area contributed by atoms with E-state index < -0.39 is 0 Å². The summed E-state index contributed by atoms with van der Waals surface area (Å²) in [6.07, 6.45) is 0. The van der Waals surface area contributed by atoms with Crippen LogP contribution in [0.1, 0.15) is 0 Å². The van der Waals surface area contributed by atoms with E-state index in [0.717, 1.165) is 11.4 Å². The zero-order chi connectivity index (χ0) is 9.26. The fourth-order valence-electron chi connectivity index (χ4n) is 1.44. The highest BCUT2D eigenvalue weighted by Gasteiger charge is 2.25. The Balaban J connectivity index is 2.24. The molecule has 0 unspecified atom stereocenters. The first-order chi connectivity index (χ1) is 6.31. The van der Waals surface area contributed by atoms with Crippen LogP contribution >= 0.6 is 0 Å². The number of Topliss-reactive ketones (excluding diaryl/α,β-unsaturated/α-hetero) is 1. The van der Waals surface area contributed by atoms with Crippen molar-refractivity contribution in [2.75, 3.05) is 25.1 Å². The number of methoxy groups -OCH3 is 1. The number of anilines is 1. The van der Waals surface area contributed by atoms with Gasteiger partial charge in [0.15, 0.2) is 5.78 Å². The molecular formula is C10H11NO2. The molecule has 3 nitrogen and oxygen atoms in total. The molecule has 1 aliphatic rings. The van der Waals surface area contributed by atoms with E-state index in [9.17, 15) is 4.79 Å². The number of ketones is 1. The summed E-state index contributed by atoms with van der Waals surface area (Å²) in [5, 5.41) is 0. The molecule has 0 N–H and O–H groups in total. The van der Waals surface area contributed by atoms with Crippen LogP contribution in [0.3, 0.4) is 0 Å². The normalized spacial score (nSPS) is 15.5. The molecule has 0 saturated carbocycles. The fourth-order valence-corrected chi connectivity index (χ4v) is 1.44. The zero-order valence-corrected chi connectivity index (χ0v) is 7.49. The average Bonchev–Trinajstić information content (AvgIpc) is 2.13. The van der Waals surface area contributed by atoms with Crippen molar-refractivity contribution < 1.29 is 9.53 Å². The van der Waals surface area contributed by atoms with Crippen LogP contribution in [0.2, 0.25) is 0 Å². The third-order valence-electron chi connectivity index (χ3n) is 2.16. The maximum atomic E-state index is 10.8. The van der Waals surface area contributed by atoms with Crippen LogP contribution in [0.5, 0.6) is 5.75 Å². The summed E-state index contributed by atoms with van der Waals surface area (Å²) in [5.41, 5.74) is 1.00.